The third-order valence-electron chi connectivity index (χ3n) is 4.35. The number of imidazole rings is 1. The SMILES string of the molecule is COCOc1ccc(-n2c(SCc3cccnc3)nc3c2=CCC(Cl)=CC=3)cc1. The number of nitrogens with zero attached hydrogens (tertiary/aromatic N) is 3. The van der Waals surface area contributed by atoms with Crippen molar-refractivity contribution in [1.29, 1.82) is 0 Å². The summed E-state index contributed by atoms with van der Waals surface area (Å²) in [5.74, 6) is 1.54. The van der Waals surface area contributed by atoms with Gasteiger partial charge in [0.05, 0.1) is 10.7 Å². The number of aromatic nitrogens is 3. The standard InChI is InChI=1S/C22H20ClN3O2S/c1-27-15-28-19-8-6-18(7-9-19)26-21-11-5-17(23)4-10-20(21)25-22(26)29-14-16-3-2-12-24-13-16/h2-4,6-13H,5,14-15H2,1H3. The molecule has 1 aromatic carbocycles. The zero-order chi connectivity index (χ0) is 20.1. The van der Waals surface area contributed by atoms with Crippen LogP contribution < -0.4 is 15.4 Å². The molecule has 0 spiro atoms. The van der Waals surface area contributed by atoms with Crippen LogP contribution in [0.3, 0.4) is 0 Å². The molecule has 4 rings (SSSR count). The van der Waals surface area contributed by atoms with Gasteiger partial charge in [0, 0.05) is 42.4 Å². The number of rotatable bonds is 7. The molecule has 0 saturated carbocycles. The minimum atomic E-state index is 0.221. The van der Waals surface area contributed by atoms with E-state index in [4.69, 9.17) is 26.1 Å². The Morgan fingerprint density at radius 3 is 2.79 bits per heavy atom. The van der Waals surface area contributed by atoms with E-state index in [-0.39, 0.29) is 6.79 Å². The van der Waals surface area contributed by atoms with Crippen molar-refractivity contribution in [3.63, 3.8) is 0 Å². The minimum absolute atomic E-state index is 0.221. The molecule has 7 heteroatoms. The molecule has 0 unspecified atom stereocenters. The van der Waals surface area contributed by atoms with E-state index in [0.717, 1.165) is 43.6 Å². The first kappa shape index (κ1) is 19.8. The van der Waals surface area contributed by atoms with Crippen LogP contribution in [0.2, 0.25) is 0 Å². The molecule has 2 aromatic heterocycles. The molecule has 0 N–H and O–H groups in total. The van der Waals surface area contributed by atoms with Crippen molar-refractivity contribution in [1.82, 2.24) is 14.5 Å². The number of hydrogen-bond donors (Lipinski definition) is 0. The van der Waals surface area contributed by atoms with Gasteiger partial charge < -0.3 is 9.47 Å². The van der Waals surface area contributed by atoms with E-state index in [2.05, 4.69) is 21.7 Å². The van der Waals surface area contributed by atoms with Gasteiger partial charge in [-0.25, -0.2) is 4.98 Å². The third kappa shape index (κ3) is 4.72. The van der Waals surface area contributed by atoms with Gasteiger partial charge in [-0.05, 0) is 48.0 Å². The van der Waals surface area contributed by atoms with Crippen LogP contribution in [0.4, 0.5) is 0 Å². The molecule has 0 atom stereocenters. The van der Waals surface area contributed by atoms with Gasteiger partial charge in [0.25, 0.3) is 0 Å². The highest BCUT2D eigenvalue weighted by molar-refractivity contribution is 7.98. The maximum atomic E-state index is 6.24. The smallest absolute Gasteiger partial charge is 0.188 e. The van der Waals surface area contributed by atoms with E-state index < -0.39 is 0 Å². The Morgan fingerprint density at radius 1 is 1.17 bits per heavy atom. The van der Waals surface area contributed by atoms with Gasteiger partial charge in [-0.15, -0.1) is 0 Å². The molecule has 0 amide bonds. The average Bonchev–Trinajstić information content (AvgIpc) is 3.01. The Labute approximate surface area is 178 Å². The first-order valence-electron chi connectivity index (χ1n) is 9.14. The van der Waals surface area contributed by atoms with Crippen molar-refractivity contribution in [3.05, 3.63) is 76.2 Å². The normalized spacial score (nSPS) is 13.0. The lowest BCUT2D eigenvalue weighted by Gasteiger charge is -2.10. The van der Waals surface area contributed by atoms with Gasteiger partial charge in [-0.2, -0.15) is 0 Å². The van der Waals surface area contributed by atoms with Crippen LogP contribution in [0, 0.1) is 0 Å². The molecule has 0 aliphatic heterocycles. The number of methoxy groups -OCH3 is 1. The van der Waals surface area contributed by atoms with Gasteiger partial charge in [-0.3, -0.25) is 9.55 Å². The van der Waals surface area contributed by atoms with Gasteiger partial charge in [0.1, 0.15) is 5.75 Å². The number of pyridine rings is 1. The molecule has 1 aliphatic carbocycles. The van der Waals surface area contributed by atoms with E-state index in [1.165, 1.54) is 0 Å². The topological polar surface area (TPSA) is 49.2 Å². The van der Waals surface area contributed by atoms with Crippen LogP contribution in [0.5, 0.6) is 5.75 Å². The van der Waals surface area contributed by atoms with Crippen LogP contribution in [0.1, 0.15) is 12.0 Å². The number of halogens is 1. The van der Waals surface area contributed by atoms with E-state index in [0.29, 0.717) is 6.42 Å². The number of fused-ring (bicyclic) bond motifs is 1. The molecule has 0 saturated heterocycles. The number of allylic oxidation sites excluding steroid dienone is 2. The quantitative estimate of drug-likeness (QED) is 0.427. The lowest BCUT2D eigenvalue weighted by Crippen LogP contribution is -2.28. The first-order chi connectivity index (χ1) is 14.2. The summed E-state index contributed by atoms with van der Waals surface area (Å²) in [6.07, 6.45) is 10.4. The Balaban J connectivity index is 1.72. The largest absolute Gasteiger partial charge is 0.468 e. The Hall–Kier alpha value is -2.54. The number of thioether (sulfide) groups is 1. The molecule has 0 bridgehead atoms. The summed E-state index contributed by atoms with van der Waals surface area (Å²) in [6, 6.07) is 11.9. The Morgan fingerprint density at radius 2 is 2.03 bits per heavy atom. The Kier molecular flexibility index (Phi) is 6.34. The minimum Gasteiger partial charge on any atom is -0.468 e. The lowest BCUT2D eigenvalue weighted by molar-refractivity contribution is 0.0511. The summed E-state index contributed by atoms with van der Waals surface area (Å²) in [5, 5.41) is 3.66. The lowest BCUT2D eigenvalue weighted by atomic mass is 10.3. The molecule has 29 heavy (non-hydrogen) atoms. The summed E-state index contributed by atoms with van der Waals surface area (Å²) < 4.78 is 12.6. The zero-order valence-corrected chi connectivity index (χ0v) is 17.5. The second-order valence-corrected chi connectivity index (χ2v) is 7.81. The van der Waals surface area contributed by atoms with Crippen LogP contribution in [-0.2, 0) is 10.5 Å². The predicted octanol–water partition coefficient (Wildman–Crippen LogP) is 3.63. The number of benzene rings is 1. The maximum absolute atomic E-state index is 6.24. The summed E-state index contributed by atoms with van der Waals surface area (Å²) in [4.78, 5) is 9.07. The van der Waals surface area contributed by atoms with Crippen molar-refractivity contribution in [3.8, 4) is 11.4 Å². The van der Waals surface area contributed by atoms with Gasteiger partial charge >= 0.3 is 0 Å². The highest BCUT2D eigenvalue weighted by Gasteiger charge is 2.12. The van der Waals surface area contributed by atoms with Gasteiger partial charge in [0.15, 0.2) is 11.9 Å². The molecule has 148 valence electrons. The highest BCUT2D eigenvalue weighted by Crippen LogP contribution is 2.23. The van der Waals surface area contributed by atoms with Gasteiger partial charge in [0.2, 0.25) is 0 Å². The predicted molar refractivity (Wildman–Crippen MR) is 117 cm³/mol. The first-order valence-corrected chi connectivity index (χ1v) is 10.5. The summed E-state index contributed by atoms with van der Waals surface area (Å²) in [7, 11) is 1.60. The summed E-state index contributed by atoms with van der Waals surface area (Å²) >= 11 is 7.92. The van der Waals surface area contributed by atoms with Crippen molar-refractivity contribution in [2.24, 2.45) is 0 Å². The third-order valence-corrected chi connectivity index (χ3v) is 5.64. The fourth-order valence-electron chi connectivity index (χ4n) is 2.97. The van der Waals surface area contributed by atoms with Crippen molar-refractivity contribution in [2.75, 3.05) is 13.9 Å². The molecular formula is C22H20ClN3O2S. The molecule has 0 radical (unpaired) electrons. The van der Waals surface area contributed by atoms with E-state index in [9.17, 15) is 0 Å². The molecule has 5 nitrogen and oxygen atoms in total. The molecule has 0 fully saturated rings. The number of hydrogen-bond acceptors (Lipinski definition) is 5. The Bertz CT molecular complexity index is 1130. The highest BCUT2D eigenvalue weighted by atomic mass is 35.5. The average molecular weight is 426 g/mol. The zero-order valence-electron chi connectivity index (χ0n) is 15.9. The maximum Gasteiger partial charge on any atom is 0.188 e. The monoisotopic (exact) mass is 425 g/mol. The van der Waals surface area contributed by atoms with Crippen LogP contribution >= 0.6 is 23.4 Å². The second-order valence-electron chi connectivity index (χ2n) is 6.38. The van der Waals surface area contributed by atoms with Crippen LogP contribution in [0.25, 0.3) is 17.8 Å². The second kappa shape index (κ2) is 9.31. The van der Waals surface area contributed by atoms with Crippen molar-refractivity contribution >= 4 is 35.5 Å². The van der Waals surface area contributed by atoms with Gasteiger partial charge in [-0.1, -0.05) is 35.5 Å². The van der Waals surface area contributed by atoms with E-state index in [1.807, 2.05) is 48.7 Å². The van der Waals surface area contributed by atoms with Crippen molar-refractivity contribution < 1.29 is 9.47 Å². The molecule has 1 aliphatic rings. The van der Waals surface area contributed by atoms with Crippen LogP contribution in [0.15, 0.2) is 65.1 Å². The molecule has 2 heterocycles. The summed E-state index contributed by atoms with van der Waals surface area (Å²) in [5.41, 5.74) is 2.17. The van der Waals surface area contributed by atoms with E-state index in [1.54, 1.807) is 25.1 Å². The fourth-order valence-corrected chi connectivity index (χ4v) is 4.08. The fraction of sp³-hybridized carbons (Fsp3) is 0.182. The summed E-state index contributed by atoms with van der Waals surface area (Å²) in [6.45, 7) is 0.221. The molecular weight excluding hydrogens is 406 g/mol. The van der Waals surface area contributed by atoms with Crippen LogP contribution in [-0.4, -0.2) is 28.4 Å². The van der Waals surface area contributed by atoms with E-state index >= 15 is 0 Å². The van der Waals surface area contributed by atoms with Crippen molar-refractivity contribution in [2.45, 2.75) is 17.3 Å². The molecule has 3 aromatic rings. The number of ether oxygens (including phenoxy) is 2.